The lowest BCUT2D eigenvalue weighted by molar-refractivity contribution is 0.242. The highest BCUT2D eigenvalue weighted by molar-refractivity contribution is 14.0. The van der Waals surface area contributed by atoms with Crippen LogP contribution in [0.1, 0.15) is 13.8 Å². The molecule has 0 heterocycles. The summed E-state index contributed by atoms with van der Waals surface area (Å²) in [6, 6.07) is 13.3. The molecule has 0 radical (unpaired) electrons. The van der Waals surface area contributed by atoms with Crippen LogP contribution in [0.5, 0.6) is 5.75 Å². The maximum Gasteiger partial charge on any atom is 0.240 e. The number of nitrogens with two attached hydrogens (primary N) is 1. The highest BCUT2D eigenvalue weighted by Gasteiger charge is 2.13. The van der Waals surface area contributed by atoms with Crippen LogP contribution in [0.3, 0.4) is 0 Å². The Labute approximate surface area is 187 Å². The van der Waals surface area contributed by atoms with E-state index in [0.717, 1.165) is 11.4 Å². The van der Waals surface area contributed by atoms with Crippen LogP contribution in [-0.2, 0) is 10.0 Å². The molecule has 0 saturated heterocycles. The minimum absolute atomic E-state index is 0. The summed E-state index contributed by atoms with van der Waals surface area (Å²) in [5.74, 6) is 0.955. The van der Waals surface area contributed by atoms with Crippen LogP contribution in [0.2, 0.25) is 5.02 Å². The van der Waals surface area contributed by atoms with Crippen LogP contribution in [0.15, 0.2) is 58.4 Å². The third-order valence-electron chi connectivity index (χ3n) is 3.29. The molecular formula is C18H24ClIN4O3S. The van der Waals surface area contributed by atoms with Crippen LogP contribution in [0.4, 0.5) is 5.69 Å². The lowest BCUT2D eigenvalue weighted by Crippen LogP contribution is -2.28. The van der Waals surface area contributed by atoms with Gasteiger partial charge >= 0.3 is 0 Å². The second kappa shape index (κ2) is 11.4. The van der Waals surface area contributed by atoms with Crippen molar-refractivity contribution in [3.63, 3.8) is 0 Å². The van der Waals surface area contributed by atoms with E-state index in [0.29, 0.717) is 5.02 Å². The Morgan fingerprint density at radius 3 is 2.50 bits per heavy atom. The Hall–Kier alpha value is -1.56. The van der Waals surface area contributed by atoms with Crippen LogP contribution >= 0.6 is 35.6 Å². The van der Waals surface area contributed by atoms with Crippen LogP contribution in [0.25, 0.3) is 0 Å². The number of benzene rings is 2. The molecule has 2 rings (SSSR count). The largest absolute Gasteiger partial charge is 0.491 e. The van der Waals surface area contributed by atoms with Crippen LogP contribution in [-0.4, -0.2) is 33.6 Å². The SMILES string of the molecule is CC(C)Oc1ccc(NC(N)=NCCNS(=O)(=O)c2cccc(Cl)c2)cc1.I. The van der Waals surface area contributed by atoms with Gasteiger partial charge in [-0.3, -0.25) is 4.99 Å². The number of guanidine groups is 1. The fourth-order valence-corrected chi connectivity index (χ4v) is 3.47. The van der Waals surface area contributed by atoms with Gasteiger partial charge in [-0.25, -0.2) is 13.1 Å². The first-order chi connectivity index (χ1) is 12.8. The normalized spacial score (nSPS) is 11.8. The molecule has 0 aliphatic carbocycles. The molecule has 0 aliphatic rings. The fourth-order valence-electron chi connectivity index (χ4n) is 2.15. The number of anilines is 1. The van der Waals surface area contributed by atoms with Crippen molar-refractivity contribution in [2.75, 3.05) is 18.4 Å². The summed E-state index contributed by atoms with van der Waals surface area (Å²) in [4.78, 5) is 4.21. The molecule has 2 aromatic rings. The number of hydrogen-bond acceptors (Lipinski definition) is 4. The van der Waals surface area contributed by atoms with Crippen molar-refractivity contribution in [1.29, 1.82) is 0 Å². The molecule has 2 aromatic carbocycles. The molecule has 0 saturated carbocycles. The van der Waals surface area contributed by atoms with E-state index in [2.05, 4.69) is 15.0 Å². The van der Waals surface area contributed by atoms with Crippen LogP contribution in [0, 0.1) is 0 Å². The molecule has 0 spiro atoms. The quantitative estimate of drug-likeness (QED) is 0.207. The molecule has 4 N–H and O–H groups in total. The number of nitrogens with one attached hydrogen (secondary N) is 2. The Bertz CT molecular complexity index is 890. The Kier molecular flexibility index (Phi) is 10.0. The zero-order valence-corrected chi connectivity index (χ0v) is 19.5. The van der Waals surface area contributed by atoms with E-state index < -0.39 is 10.0 Å². The number of halogens is 2. The summed E-state index contributed by atoms with van der Waals surface area (Å²) in [7, 11) is -3.63. The van der Waals surface area contributed by atoms with Crippen molar-refractivity contribution in [3.05, 3.63) is 53.6 Å². The molecule has 7 nitrogen and oxygen atoms in total. The number of rotatable bonds is 8. The molecule has 0 unspecified atom stereocenters. The maximum absolute atomic E-state index is 12.2. The lowest BCUT2D eigenvalue weighted by atomic mass is 10.3. The van der Waals surface area contributed by atoms with Gasteiger partial charge in [0.15, 0.2) is 5.96 Å². The predicted molar refractivity (Wildman–Crippen MR) is 124 cm³/mol. The van der Waals surface area contributed by atoms with Crippen molar-refractivity contribution in [3.8, 4) is 5.75 Å². The fraction of sp³-hybridized carbons (Fsp3) is 0.278. The number of sulfonamides is 1. The average Bonchev–Trinajstić information content (AvgIpc) is 2.60. The third kappa shape index (κ3) is 8.21. The van der Waals surface area contributed by atoms with E-state index in [1.807, 2.05) is 38.1 Å². The van der Waals surface area contributed by atoms with E-state index in [9.17, 15) is 8.42 Å². The zero-order chi connectivity index (χ0) is 19.9. The standard InChI is InChI=1S/C18H23ClN4O3S.HI/c1-13(2)26-16-8-6-15(7-9-16)23-18(20)21-10-11-22-27(24,25)17-5-3-4-14(19)12-17;/h3-9,12-13,22H,10-11H2,1-2H3,(H3,20,21,23);1H. The molecule has 10 heteroatoms. The second-order valence-electron chi connectivity index (χ2n) is 5.94. The van der Waals surface area contributed by atoms with Gasteiger partial charge in [0.2, 0.25) is 10.0 Å². The molecule has 0 aromatic heterocycles. The first kappa shape index (κ1) is 24.5. The predicted octanol–water partition coefficient (Wildman–Crippen LogP) is 3.45. The van der Waals surface area contributed by atoms with Gasteiger partial charge in [0.05, 0.1) is 17.5 Å². The summed E-state index contributed by atoms with van der Waals surface area (Å²) in [5, 5.41) is 3.29. The average molecular weight is 539 g/mol. The Balaban J connectivity index is 0.00000392. The first-order valence-corrected chi connectivity index (χ1v) is 10.2. The van der Waals surface area contributed by atoms with Gasteiger partial charge in [-0.05, 0) is 56.3 Å². The molecule has 0 bridgehead atoms. The second-order valence-corrected chi connectivity index (χ2v) is 8.14. The molecule has 0 fully saturated rings. The number of hydrogen-bond donors (Lipinski definition) is 3. The highest BCUT2D eigenvalue weighted by atomic mass is 127. The maximum atomic E-state index is 12.2. The van der Waals surface area contributed by atoms with Crippen LogP contribution < -0.4 is 20.5 Å². The van der Waals surface area contributed by atoms with Crippen molar-refractivity contribution < 1.29 is 13.2 Å². The van der Waals surface area contributed by atoms with E-state index in [-0.39, 0.29) is 54.0 Å². The minimum Gasteiger partial charge on any atom is -0.491 e. The highest BCUT2D eigenvalue weighted by Crippen LogP contribution is 2.17. The summed E-state index contributed by atoms with van der Waals surface area (Å²) >= 11 is 5.82. The molecule has 28 heavy (non-hydrogen) atoms. The monoisotopic (exact) mass is 538 g/mol. The molecular weight excluding hydrogens is 515 g/mol. The molecule has 0 atom stereocenters. The van der Waals surface area contributed by atoms with Gasteiger partial charge in [-0.15, -0.1) is 24.0 Å². The topological polar surface area (TPSA) is 106 Å². The molecule has 0 amide bonds. The zero-order valence-electron chi connectivity index (χ0n) is 15.6. The summed E-state index contributed by atoms with van der Waals surface area (Å²) in [5.41, 5.74) is 6.57. The van der Waals surface area contributed by atoms with Gasteiger partial charge in [0.25, 0.3) is 0 Å². The van der Waals surface area contributed by atoms with Crippen molar-refractivity contribution in [2.24, 2.45) is 10.7 Å². The number of ether oxygens (including phenoxy) is 1. The minimum atomic E-state index is -3.63. The molecule has 0 aliphatic heterocycles. The lowest BCUT2D eigenvalue weighted by Gasteiger charge is -2.11. The summed E-state index contributed by atoms with van der Waals surface area (Å²) < 4.78 is 32.3. The first-order valence-electron chi connectivity index (χ1n) is 8.35. The van der Waals surface area contributed by atoms with Gasteiger partial charge in [0, 0.05) is 17.3 Å². The summed E-state index contributed by atoms with van der Waals surface area (Å²) in [6.45, 7) is 4.21. The van der Waals surface area contributed by atoms with Crippen molar-refractivity contribution >= 4 is 57.2 Å². The Morgan fingerprint density at radius 1 is 1.21 bits per heavy atom. The van der Waals surface area contributed by atoms with Crippen molar-refractivity contribution in [1.82, 2.24) is 4.72 Å². The third-order valence-corrected chi connectivity index (χ3v) is 4.98. The number of aliphatic imine (C=N–C) groups is 1. The summed E-state index contributed by atoms with van der Waals surface area (Å²) in [6.07, 6.45) is 0.103. The van der Waals surface area contributed by atoms with E-state index in [4.69, 9.17) is 22.1 Å². The smallest absolute Gasteiger partial charge is 0.240 e. The van der Waals surface area contributed by atoms with Gasteiger partial charge in [-0.2, -0.15) is 0 Å². The van der Waals surface area contributed by atoms with E-state index >= 15 is 0 Å². The van der Waals surface area contributed by atoms with E-state index in [1.165, 1.54) is 12.1 Å². The number of nitrogens with zero attached hydrogens (tertiary/aromatic N) is 1. The van der Waals surface area contributed by atoms with Gasteiger partial charge in [0.1, 0.15) is 5.75 Å². The Morgan fingerprint density at radius 2 is 1.89 bits per heavy atom. The van der Waals surface area contributed by atoms with Gasteiger partial charge in [-0.1, -0.05) is 17.7 Å². The molecule has 154 valence electrons. The van der Waals surface area contributed by atoms with E-state index in [1.54, 1.807) is 12.1 Å². The van der Waals surface area contributed by atoms with Crippen molar-refractivity contribution in [2.45, 2.75) is 24.8 Å². The van der Waals surface area contributed by atoms with Gasteiger partial charge < -0.3 is 15.8 Å².